The zero-order valence-electron chi connectivity index (χ0n) is 16.3. The normalized spacial score (nSPS) is 16.0. The van der Waals surface area contributed by atoms with Crippen molar-refractivity contribution in [3.8, 4) is 11.5 Å². The highest BCUT2D eigenvalue weighted by molar-refractivity contribution is 9.10. The first kappa shape index (κ1) is 21.1. The predicted octanol–water partition coefficient (Wildman–Crippen LogP) is 3.48. The molecule has 8 heteroatoms. The fourth-order valence-electron chi connectivity index (χ4n) is 3.59. The summed E-state index contributed by atoms with van der Waals surface area (Å²) >= 11 is 3.36. The monoisotopic (exact) mass is 462 g/mol. The van der Waals surface area contributed by atoms with Crippen molar-refractivity contribution in [3.63, 3.8) is 0 Å². The van der Waals surface area contributed by atoms with Crippen LogP contribution in [0.3, 0.4) is 0 Å². The molecule has 154 valence electrons. The Kier molecular flexibility index (Phi) is 6.76. The zero-order valence-corrected chi connectivity index (χ0v) is 17.9. The molecule has 3 rings (SSSR count). The van der Waals surface area contributed by atoms with Crippen LogP contribution in [0.5, 0.6) is 11.5 Å². The number of hydrogen-bond donors (Lipinski definition) is 2. The van der Waals surface area contributed by atoms with E-state index in [0.717, 1.165) is 15.6 Å². The molecule has 2 aromatic rings. The van der Waals surface area contributed by atoms with Crippen LogP contribution in [0.25, 0.3) is 0 Å². The van der Waals surface area contributed by atoms with Crippen LogP contribution in [0.2, 0.25) is 0 Å². The molecule has 2 N–H and O–H groups in total. The molecule has 0 saturated carbocycles. The van der Waals surface area contributed by atoms with Gasteiger partial charge in [0.1, 0.15) is 0 Å². The van der Waals surface area contributed by atoms with E-state index in [1.54, 1.807) is 26.4 Å². The minimum absolute atomic E-state index is 0.0990. The average Bonchev–Trinajstić information content (AvgIpc) is 2.70. The number of ether oxygens (including phenoxy) is 2. The SMILES string of the molecule is COc1cc2c(cc1OC)[C@@H](CC(=O)O)N(CC(=O)Nc1ccc(Br)cc1)CC2. The summed E-state index contributed by atoms with van der Waals surface area (Å²) < 4.78 is 11.7. The smallest absolute Gasteiger partial charge is 0.305 e. The summed E-state index contributed by atoms with van der Waals surface area (Å²) in [6.07, 6.45) is 0.589. The number of nitrogens with zero attached hydrogens (tertiary/aromatic N) is 1. The molecule has 0 aliphatic carbocycles. The molecule has 0 bridgehead atoms. The van der Waals surface area contributed by atoms with Crippen molar-refractivity contribution in [2.24, 2.45) is 0 Å². The number of anilines is 1. The lowest BCUT2D eigenvalue weighted by atomic mass is 9.90. The van der Waals surface area contributed by atoms with Gasteiger partial charge in [-0.25, -0.2) is 0 Å². The van der Waals surface area contributed by atoms with E-state index in [-0.39, 0.29) is 18.9 Å². The Morgan fingerprint density at radius 3 is 2.45 bits per heavy atom. The van der Waals surface area contributed by atoms with Crippen LogP contribution in [-0.4, -0.2) is 49.2 Å². The number of rotatable bonds is 7. The summed E-state index contributed by atoms with van der Waals surface area (Å²) in [6.45, 7) is 0.677. The molecule has 1 aliphatic heterocycles. The maximum absolute atomic E-state index is 12.6. The molecule has 0 spiro atoms. The van der Waals surface area contributed by atoms with Crippen molar-refractivity contribution >= 4 is 33.5 Å². The minimum Gasteiger partial charge on any atom is -0.493 e. The molecule has 0 radical (unpaired) electrons. The molecule has 1 atom stereocenters. The van der Waals surface area contributed by atoms with Gasteiger partial charge in [-0.15, -0.1) is 0 Å². The van der Waals surface area contributed by atoms with Gasteiger partial charge in [0.25, 0.3) is 0 Å². The third-order valence-electron chi connectivity index (χ3n) is 4.96. The van der Waals surface area contributed by atoms with E-state index >= 15 is 0 Å². The van der Waals surface area contributed by atoms with Crippen molar-refractivity contribution in [2.75, 3.05) is 32.6 Å². The Hall–Kier alpha value is -2.58. The first-order valence-corrected chi connectivity index (χ1v) is 9.96. The van der Waals surface area contributed by atoms with Gasteiger partial charge in [0, 0.05) is 22.7 Å². The van der Waals surface area contributed by atoms with Crippen LogP contribution in [0.1, 0.15) is 23.6 Å². The molecule has 7 nitrogen and oxygen atoms in total. The summed E-state index contributed by atoms with van der Waals surface area (Å²) in [6, 6.07) is 10.6. The maximum atomic E-state index is 12.6. The van der Waals surface area contributed by atoms with Crippen molar-refractivity contribution in [1.82, 2.24) is 4.90 Å². The van der Waals surface area contributed by atoms with Crippen LogP contribution in [0.4, 0.5) is 5.69 Å². The molecular weight excluding hydrogens is 440 g/mol. The summed E-state index contributed by atoms with van der Waals surface area (Å²) in [4.78, 5) is 26.0. The number of benzene rings is 2. The molecule has 0 saturated heterocycles. The molecule has 1 heterocycles. The Morgan fingerprint density at radius 2 is 1.83 bits per heavy atom. The second kappa shape index (κ2) is 9.28. The molecular formula is C21H23BrN2O5. The number of aliphatic carboxylic acids is 1. The standard InChI is InChI=1S/C21H23BrN2O5/c1-28-18-9-13-7-8-24(12-20(25)23-15-5-3-14(22)4-6-15)17(11-21(26)27)16(13)10-19(18)29-2/h3-6,9-10,17H,7-8,11-12H2,1-2H3,(H,23,25)(H,26,27)/t17-/m1/s1. The summed E-state index contributed by atoms with van der Waals surface area (Å²) in [5.74, 6) is 0.0483. The van der Waals surface area contributed by atoms with Crippen LogP contribution < -0.4 is 14.8 Å². The number of halogens is 1. The average molecular weight is 463 g/mol. The van der Waals surface area contributed by atoms with E-state index in [1.807, 2.05) is 29.2 Å². The quantitative estimate of drug-likeness (QED) is 0.654. The molecule has 1 aliphatic rings. The van der Waals surface area contributed by atoms with Gasteiger partial charge < -0.3 is 19.9 Å². The fourth-order valence-corrected chi connectivity index (χ4v) is 3.86. The second-order valence-electron chi connectivity index (χ2n) is 6.80. The summed E-state index contributed by atoms with van der Waals surface area (Å²) in [5.41, 5.74) is 2.56. The first-order valence-electron chi connectivity index (χ1n) is 9.17. The Balaban J connectivity index is 1.82. The summed E-state index contributed by atoms with van der Waals surface area (Å²) in [7, 11) is 3.11. The van der Waals surface area contributed by atoms with Crippen molar-refractivity contribution in [3.05, 3.63) is 52.0 Å². The number of carboxylic acid groups (broad SMARTS) is 1. The lowest BCUT2D eigenvalue weighted by Crippen LogP contribution is -2.41. The molecule has 0 aromatic heterocycles. The molecule has 0 unspecified atom stereocenters. The molecule has 0 fully saturated rings. The number of carbonyl (C=O) groups is 2. The number of fused-ring (bicyclic) bond motifs is 1. The largest absolute Gasteiger partial charge is 0.493 e. The van der Waals surface area contributed by atoms with Crippen molar-refractivity contribution in [1.29, 1.82) is 0 Å². The van der Waals surface area contributed by atoms with Crippen LogP contribution in [0.15, 0.2) is 40.9 Å². The van der Waals surface area contributed by atoms with Crippen LogP contribution in [0, 0.1) is 0 Å². The molecule has 2 aromatic carbocycles. The number of carbonyl (C=O) groups excluding carboxylic acids is 1. The van der Waals surface area contributed by atoms with E-state index in [1.165, 1.54) is 0 Å². The lowest BCUT2D eigenvalue weighted by Gasteiger charge is -2.36. The van der Waals surface area contributed by atoms with E-state index in [0.29, 0.717) is 30.2 Å². The molecule has 1 amide bonds. The molecule has 29 heavy (non-hydrogen) atoms. The van der Waals surface area contributed by atoms with Gasteiger partial charge >= 0.3 is 5.97 Å². The van der Waals surface area contributed by atoms with Crippen LogP contribution >= 0.6 is 15.9 Å². The topological polar surface area (TPSA) is 88.1 Å². The number of amides is 1. The maximum Gasteiger partial charge on any atom is 0.305 e. The highest BCUT2D eigenvalue weighted by Gasteiger charge is 2.31. The Morgan fingerprint density at radius 1 is 1.17 bits per heavy atom. The Bertz CT molecular complexity index is 901. The van der Waals surface area contributed by atoms with Gasteiger partial charge in [-0.3, -0.25) is 14.5 Å². The van der Waals surface area contributed by atoms with E-state index < -0.39 is 12.0 Å². The third kappa shape index (κ3) is 5.07. The van der Waals surface area contributed by atoms with Crippen LogP contribution in [-0.2, 0) is 16.0 Å². The van der Waals surface area contributed by atoms with E-state index in [9.17, 15) is 14.7 Å². The van der Waals surface area contributed by atoms with Crippen molar-refractivity contribution in [2.45, 2.75) is 18.9 Å². The van der Waals surface area contributed by atoms with Gasteiger partial charge in [-0.05, 0) is 53.9 Å². The number of carboxylic acids is 1. The fraction of sp³-hybridized carbons (Fsp3) is 0.333. The number of methoxy groups -OCH3 is 2. The number of hydrogen-bond acceptors (Lipinski definition) is 5. The van der Waals surface area contributed by atoms with Crippen molar-refractivity contribution < 1.29 is 24.2 Å². The third-order valence-corrected chi connectivity index (χ3v) is 5.48. The highest BCUT2D eigenvalue weighted by Crippen LogP contribution is 2.39. The first-order chi connectivity index (χ1) is 13.9. The summed E-state index contributed by atoms with van der Waals surface area (Å²) in [5, 5.41) is 12.3. The van der Waals surface area contributed by atoms with E-state index in [2.05, 4.69) is 21.2 Å². The van der Waals surface area contributed by atoms with Gasteiger partial charge in [0.05, 0.1) is 27.2 Å². The highest BCUT2D eigenvalue weighted by atomic mass is 79.9. The number of nitrogens with one attached hydrogen (secondary N) is 1. The predicted molar refractivity (Wildman–Crippen MR) is 113 cm³/mol. The van der Waals surface area contributed by atoms with Gasteiger partial charge in [-0.2, -0.15) is 0 Å². The van der Waals surface area contributed by atoms with E-state index in [4.69, 9.17) is 9.47 Å². The van der Waals surface area contributed by atoms with Gasteiger partial charge in [0.2, 0.25) is 5.91 Å². The van der Waals surface area contributed by atoms with Gasteiger partial charge in [-0.1, -0.05) is 15.9 Å². The Labute approximate surface area is 177 Å². The second-order valence-corrected chi connectivity index (χ2v) is 7.71. The zero-order chi connectivity index (χ0) is 21.0. The minimum atomic E-state index is -0.920. The van der Waals surface area contributed by atoms with Gasteiger partial charge in [0.15, 0.2) is 11.5 Å². The lowest BCUT2D eigenvalue weighted by molar-refractivity contribution is -0.139.